The highest BCUT2D eigenvalue weighted by Gasteiger charge is 2.07. The predicted molar refractivity (Wildman–Crippen MR) is 251 cm³/mol. The van der Waals surface area contributed by atoms with E-state index >= 15 is 0 Å². The second-order valence-corrected chi connectivity index (χ2v) is 17.0. The average Bonchev–Trinajstić information content (AvgIpc) is 3.27. The van der Waals surface area contributed by atoms with Crippen LogP contribution in [0.1, 0.15) is 188 Å². The predicted octanol–water partition coefficient (Wildman–Crippen LogP) is 15.7. The molecule has 0 aliphatic carbocycles. The van der Waals surface area contributed by atoms with Crippen LogP contribution in [0.2, 0.25) is 0 Å². The second-order valence-electron chi connectivity index (χ2n) is 17.0. The van der Waals surface area contributed by atoms with Crippen LogP contribution in [0.25, 0.3) is 22.8 Å². The molecule has 6 nitrogen and oxygen atoms in total. The lowest BCUT2D eigenvalue weighted by Crippen LogP contribution is -2.00. The SMILES string of the molecule is CCCCCCCCCCCCOc1ccc(-c2ncc(CC(C)CC)cn2)cc1.CCCCCCCCCCCOc1ccc(-c2ncc(CC(C)CC)cn2)cc1. The molecule has 0 amide bonds. The molecule has 0 spiro atoms. The third-order valence-corrected chi connectivity index (χ3v) is 11.5. The maximum absolute atomic E-state index is 5.90. The molecule has 4 rings (SSSR count). The van der Waals surface area contributed by atoms with Crippen LogP contribution in [0, 0.1) is 11.8 Å². The van der Waals surface area contributed by atoms with Crippen molar-refractivity contribution < 1.29 is 9.47 Å². The van der Waals surface area contributed by atoms with Crippen molar-refractivity contribution in [3.8, 4) is 34.3 Å². The van der Waals surface area contributed by atoms with E-state index in [-0.39, 0.29) is 0 Å². The average molecular weight is 807 g/mol. The third-order valence-electron chi connectivity index (χ3n) is 11.5. The molecule has 0 fully saturated rings. The molecule has 2 aromatic heterocycles. The summed E-state index contributed by atoms with van der Waals surface area (Å²) in [7, 11) is 0. The van der Waals surface area contributed by atoms with E-state index in [2.05, 4.69) is 85.7 Å². The lowest BCUT2D eigenvalue weighted by atomic mass is 10.0. The van der Waals surface area contributed by atoms with Crippen LogP contribution in [0.4, 0.5) is 0 Å². The lowest BCUT2D eigenvalue weighted by Gasteiger charge is -2.09. The van der Waals surface area contributed by atoms with E-state index in [4.69, 9.17) is 9.47 Å². The van der Waals surface area contributed by atoms with E-state index in [0.717, 1.165) is 73.2 Å². The number of rotatable bonds is 31. The highest BCUT2D eigenvalue weighted by atomic mass is 16.5. The van der Waals surface area contributed by atoms with E-state index in [9.17, 15) is 0 Å². The Morgan fingerprint density at radius 1 is 0.390 bits per heavy atom. The number of benzene rings is 2. The minimum absolute atomic E-state index is 0.673. The molecule has 0 radical (unpaired) electrons. The van der Waals surface area contributed by atoms with Gasteiger partial charge in [-0.2, -0.15) is 0 Å². The minimum Gasteiger partial charge on any atom is -0.494 e. The lowest BCUT2D eigenvalue weighted by molar-refractivity contribution is 0.304. The van der Waals surface area contributed by atoms with Gasteiger partial charge < -0.3 is 9.47 Å². The molecule has 2 unspecified atom stereocenters. The zero-order chi connectivity index (χ0) is 42.2. The zero-order valence-electron chi connectivity index (χ0n) is 38.4. The topological polar surface area (TPSA) is 70.0 Å². The van der Waals surface area contributed by atoms with Crippen molar-refractivity contribution in [3.05, 3.63) is 84.4 Å². The highest BCUT2D eigenvalue weighted by molar-refractivity contribution is 5.56. The molecule has 0 aliphatic rings. The van der Waals surface area contributed by atoms with Crippen molar-refractivity contribution in [2.45, 2.75) is 189 Å². The van der Waals surface area contributed by atoms with Gasteiger partial charge in [-0.3, -0.25) is 0 Å². The van der Waals surface area contributed by atoms with Gasteiger partial charge in [-0.05, 0) is 97.2 Å². The number of hydrogen-bond donors (Lipinski definition) is 0. The Hall–Kier alpha value is -3.80. The molecule has 59 heavy (non-hydrogen) atoms. The molecule has 2 heterocycles. The summed E-state index contributed by atoms with van der Waals surface area (Å²) in [4.78, 5) is 18.2. The van der Waals surface area contributed by atoms with Gasteiger partial charge in [-0.25, -0.2) is 19.9 Å². The van der Waals surface area contributed by atoms with Gasteiger partial charge in [-0.1, -0.05) is 164 Å². The summed E-state index contributed by atoms with van der Waals surface area (Å²) in [5.74, 6) is 4.77. The maximum atomic E-state index is 5.90. The molecule has 0 bridgehead atoms. The first-order valence-corrected chi connectivity index (χ1v) is 24.0. The van der Waals surface area contributed by atoms with E-state index in [1.165, 1.54) is 133 Å². The summed E-state index contributed by atoms with van der Waals surface area (Å²) in [5.41, 5.74) is 4.50. The first kappa shape index (κ1) is 49.6. The van der Waals surface area contributed by atoms with Gasteiger partial charge in [-0.15, -0.1) is 0 Å². The van der Waals surface area contributed by atoms with Crippen molar-refractivity contribution in [3.63, 3.8) is 0 Å². The number of aromatic nitrogens is 4. The van der Waals surface area contributed by atoms with E-state index in [1.54, 1.807) is 0 Å². The molecule has 4 aromatic rings. The fourth-order valence-electron chi connectivity index (χ4n) is 7.09. The van der Waals surface area contributed by atoms with Crippen molar-refractivity contribution in [2.75, 3.05) is 13.2 Å². The second kappa shape index (κ2) is 32.0. The highest BCUT2D eigenvalue weighted by Crippen LogP contribution is 2.22. The summed E-state index contributed by atoms with van der Waals surface area (Å²) >= 11 is 0. The van der Waals surface area contributed by atoms with Crippen molar-refractivity contribution >= 4 is 0 Å². The van der Waals surface area contributed by atoms with Gasteiger partial charge in [0.1, 0.15) is 11.5 Å². The summed E-state index contributed by atoms with van der Waals surface area (Å²) in [5, 5.41) is 0. The minimum atomic E-state index is 0.673. The zero-order valence-corrected chi connectivity index (χ0v) is 38.4. The first-order chi connectivity index (χ1) is 28.9. The largest absolute Gasteiger partial charge is 0.494 e. The fourth-order valence-corrected chi connectivity index (χ4v) is 7.09. The van der Waals surface area contributed by atoms with Crippen LogP contribution < -0.4 is 9.47 Å². The molecular weight excluding hydrogens is 725 g/mol. The number of ether oxygens (including phenoxy) is 2. The third kappa shape index (κ3) is 22.4. The van der Waals surface area contributed by atoms with Gasteiger partial charge in [0.05, 0.1) is 13.2 Å². The van der Waals surface area contributed by atoms with Gasteiger partial charge in [0.2, 0.25) is 0 Å². The molecule has 0 saturated heterocycles. The summed E-state index contributed by atoms with van der Waals surface area (Å²) in [6, 6.07) is 16.3. The maximum Gasteiger partial charge on any atom is 0.159 e. The van der Waals surface area contributed by atoms with Gasteiger partial charge >= 0.3 is 0 Å². The fraction of sp³-hybridized carbons (Fsp3) is 0.623. The van der Waals surface area contributed by atoms with E-state index in [0.29, 0.717) is 11.8 Å². The van der Waals surface area contributed by atoms with Crippen molar-refractivity contribution in [1.29, 1.82) is 0 Å². The molecule has 6 heteroatoms. The van der Waals surface area contributed by atoms with Crippen LogP contribution in [-0.2, 0) is 12.8 Å². The molecular formula is C53H82N4O2. The Morgan fingerprint density at radius 2 is 0.678 bits per heavy atom. The standard InChI is InChI=1S/C27H42N2O.C26H40N2O/c1-4-6-7-8-9-10-11-12-13-14-19-30-26-17-15-25(16-18-26)27-28-21-24(22-29-27)20-23(3)5-2;1-4-6-7-8-9-10-11-12-13-18-29-25-16-14-24(15-17-25)26-27-20-23(21-28-26)19-22(3)5-2/h15-18,21-23H,4-14,19-20H2,1-3H3;14-17,20-22H,4-13,18-19H2,1-3H3. The first-order valence-electron chi connectivity index (χ1n) is 24.0. The molecule has 2 atom stereocenters. The van der Waals surface area contributed by atoms with Gasteiger partial charge in [0.25, 0.3) is 0 Å². The van der Waals surface area contributed by atoms with Crippen LogP contribution in [0.5, 0.6) is 11.5 Å². The van der Waals surface area contributed by atoms with E-state index < -0.39 is 0 Å². The summed E-state index contributed by atoms with van der Waals surface area (Å²) in [6.45, 7) is 15.1. The van der Waals surface area contributed by atoms with Crippen LogP contribution in [-0.4, -0.2) is 33.1 Å². The Kier molecular flexibility index (Phi) is 26.9. The summed E-state index contributed by atoms with van der Waals surface area (Å²) < 4.78 is 11.8. The number of unbranched alkanes of at least 4 members (excludes halogenated alkanes) is 17. The van der Waals surface area contributed by atoms with Crippen LogP contribution in [0.3, 0.4) is 0 Å². The van der Waals surface area contributed by atoms with Crippen LogP contribution in [0.15, 0.2) is 73.3 Å². The number of hydrogen-bond acceptors (Lipinski definition) is 6. The Labute approximate surface area is 361 Å². The Balaban J connectivity index is 0.000000316. The smallest absolute Gasteiger partial charge is 0.159 e. The van der Waals surface area contributed by atoms with Crippen molar-refractivity contribution in [1.82, 2.24) is 19.9 Å². The Bertz CT molecular complexity index is 1560. The van der Waals surface area contributed by atoms with E-state index in [1.807, 2.05) is 49.1 Å². The molecule has 0 saturated carbocycles. The quantitative estimate of drug-likeness (QED) is 0.0472. The van der Waals surface area contributed by atoms with Crippen LogP contribution >= 0.6 is 0 Å². The van der Waals surface area contributed by atoms with Crippen molar-refractivity contribution in [2.24, 2.45) is 11.8 Å². The monoisotopic (exact) mass is 807 g/mol. The summed E-state index contributed by atoms with van der Waals surface area (Å²) in [6.07, 6.45) is 37.8. The van der Waals surface area contributed by atoms with Gasteiger partial charge in [0, 0.05) is 35.9 Å². The Morgan fingerprint density at radius 3 is 0.966 bits per heavy atom. The molecule has 0 aliphatic heterocycles. The number of nitrogens with zero attached hydrogens (tertiary/aromatic N) is 4. The molecule has 0 N–H and O–H groups in total. The molecule has 326 valence electrons. The normalized spacial score (nSPS) is 12.1. The molecule has 2 aromatic carbocycles. The van der Waals surface area contributed by atoms with Gasteiger partial charge in [0.15, 0.2) is 11.6 Å².